The lowest BCUT2D eigenvalue weighted by molar-refractivity contribution is -0.384. The third kappa shape index (κ3) is 19.2. The molecule has 0 radical (unpaired) electrons. The molecule has 4 aromatic carbocycles. The van der Waals surface area contributed by atoms with E-state index in [1.807, 2.05) is 106 Å². The number of carbonyl (C=O) groups excluding carboxylic acids is 3. The number of aryl methyl sites for hydroxylation is 2. The Bertz CT molecular complexity index is 5930. The number of nitrogens with one attached hydrogen (secondary N) is 1. The van der Waals surface area contributed by atoms with Crippen molar-refractivity contribution in [3.8, 4) is 67.8 Å². The fraction of sp³-hybridized carbons (Fsp3) is 0.432. The number of hydrogen-bond acceptors (Lipinski definition) is 27. The van der Waals surface area contributed by atoms with E-state index in [9.17, 15) is 49.5 Å². The van der Waals surface area contributed by atoms with Crippen molar-refractivity contribution in [3.05, 3.63) is 194 Å². The number of H-pyrrole nitrogens is 1. The number of nitrogens with zero attached hydrogens (tertiary/aromatic N) is 13. The SMILES string of the molecule is CCOC(=O)c1cnn(C2CCOC2)c1-c1ccc(-c2c(C)cnc(OC(C)C)c2C)cc1[N+](=O)[O-].CCOC(=O)c1cnn(C2CCOC2)c1-c1ccc(B2OC(C)(C)C(C)(C)O2)cc1[N+](=O)[O-].CCOC(=O)c1cnn(C2CCOC2)c1-c1ccc(Br)cc1[N+](=O)[O-].Cc1cnc(OC(C)C)c(C)c1-c1ccc2c(c1)[nH]c(=O)c1cnn(C3CCOC3)c12. The molecule has 0 saturated carbocycles. The van der Waals surface area contributed by atoms with Crippen LogP contribution >= 0.6 is 15.9 Å². The van der Waals surface area contributed by atoms with Gasteiger partial charge in [-0.15, -0.1) is 0 Å². The first kappa shape index (κ1) is 90.7. The van der Waals surface area contributed by atoms with Crippen molar-refractivity contribution in [2.75, 3.05) is 72.7 Å². The molecule has 658 valence electrons. The zero-order valence-corrected chi connectivity index (χ0v) is 73.9. The summed E-state index contributed by atoms with van der Waals surface area (Å²) < 4.78 is 68.7. The van der Waals surface area contributed by atoms with Gasteiger partial charge in [0.2, 0.25) is 11.8 Å². The van der Waals surface area contributed by atoms with Crippen LogP contribution in [0.15, 0.2) is 119 Å². The van der Waals surface area contributed by atoms with Crippen molar-refractivity contribution in [3.63, 3.8) is 0 Å². The second-order valence-corrected chi connectivity index (χ2v) is 33.1. The lowest BCUT2D eigenvalue weighted by Crippen LogP contribution is -2.41. The summed E-state index contributed by atoms with van der Waals surface area (Å²) in [4.78, 5) is 97.0. The highest BCUT2D eigenvalue weighted by molar-refractivity contribution is 9.10. The van der Waals surface area contributed by atoms with Crippen LogP contribution in [0.3, 0.4) is 0 Å². The summed E-state index contributed by atoms with van der Waals surface area (Å²) in [6.07, 6.45) is 12.4. The number of halogens is 1. The number of nitro benzene ring substituents is 3. The molecule has 5 aliphatic rings. The van der Waals surface area contributed by atoms with Gasteiger partial charge in [-0.3, -0.25) is 53.9 Å². The smallest absolute Gasteiger partial charge is 0.475 e. The first-order valence-corrected chi connectivity index (χ1v) is 42.3. The molecular formula is C88H100BBrN14O21. The van der Waals surface area contributed by atoms with Gasteiger partial charge in [-0.1, -0.05) is 40.2 Å². The van der Waals surface area contributed by atoms with E-state index in [-0.39, 0.29) is 101 Å². The van der Waals surface area contributed by atoms with Crippen molar-refractivity contribution < 1.29 is 81.1 Å². The fourth-order valence-electron chi connectivity index (χ4n) is 15.9. The van der Waals surface area contributed by atoms with E-state index in [1.165, 1.54) is 36.8 Å². The monoisotopic (exact) mass is 1780 g/mol. The number of aromatic amines is 1. The Morgan fingerprint density at radius 2 is 0.888 bits per heavy atom. The van der Waals surface area contributed by atoms with E-state index >= 15 is 0 Å². The van der Waals surface area contributed by atoms with Crippen molar-refractivity contribution in [2.24, 2.45) is 0 Å². The molecule has 5 fully saturated rings. The Morgan fingerprint density at radius 3 is 1.29 bits per heavy atom. The Kier molecular flexibility index (Phi) is 28.0. The molecule has 0 aliphatic carbocycles. The van der Waals surface area contributed by atoms with E-state index in [0.29, 0.717) is 120 Å². The molecule has 0 spiro atoms. The molecule has 12 heterocycles. The van der Waals surface area contributed by atoms with E-state index in [1.54, 1.807) is 77.5 Å². The molecule has 4 atom stereocenters. The van der Waals surface area contributed by atoms with Crippen LogP contribution in [0.2, 0.25) is 0 Å². The lowest BCUT2D eigenvalue weighted by atomic mass is 9.78. The maximum Gasteiger partial charge on any atom is 0.495 e. The van der Waals surface area contributed by atoms with Crippen LogP contribution in [0.1, 0.15) is 179 Å². The summed E-state index contributed by atoms with van der Waals surface area (Å²) in [5.74, 6) is -0.589. The molecule has 1 N–H and O–H groups in total. The highest BCUT2D eigenvalue weighted by Gasteiger charge is 2.52. The maximum absolute atomic E-state index is 12.8. The normalized spacial score (nSPS) is 17.5. The van der Waals surface area contributed by atoms with E-state index < -0.39 is 51.0 Å². The quantitative estimate of drug-likeness (QED) is 0.0204. The van der Waals surface area contributed by atoms with Crippen LogP contribution in [-0.4, -0.2) is 190 Å². The highest BCUT2D eigenvalue weighted by Crippen LogP contribution is 2.45. The highest BCUT2D eigenvalue weighted by atomic mass is 79.9. The average molecular weight is 1780 g/mol. The van der Waals surface area contributed by atoms with Gasteiger partial charge in [-0.05, 0) is 199 Å². The van der Waals surface area contributed by atoms with E-state index in [0.717, 1.165) is 74.8 Å². The number of fused-ring (bicyclic) bond motifs is 3. The first-order valence-electron chi connectivity index (χ1n) is 41.5. The van der Waals surface area contributed by atoms with Crippen LogP contribution in [0, 0.1) is 58.0 Å². The second-order valence-electron chi connectivity index (χ2n) is 32.2. The lowest BCUT2D eigenvalue weighted by Gasteiger charge is -2.32. The predicted molar refractivity (Wildman–Crippen MR) is 467 cm³/mol. The fourth-order valence-corrected chi connectivity index (χ4v) is 16.2. The maximum atomic E-state index is 12.8. The standard InChI is InChI=1S/C26H30N4O6.C24H26N4O3.C22H28BN3O7.C16H16BrN3O5/c1-6-35-26(31)21-13-28-29(19-9-10-34-14-19)24(21)20-8-7-18(11-22(20)30(32)33)23-16(4)12-27-25(17(23)5)36-15(2)3;1-13(2)31-24-15(4)21(14(3)10-25-24)16-5-6-18-20(9-16)27-23(29)19-11-26-28(22(18)19)17-7-8-30-12-17;1-6-31-20(27)17-12-24-25(15-9-10-30-13-15)19(17)16-8-7-14(11-18(16)26(28)29)23-32-21(2,3)22(4,5)33-23;1-2-25-16(21)13-8-18-19(11-5-6-24-9-11)15(13)12-4-3-10(17)7-14(12)20(22)23/h7-8,11-13,15,19H,6,9-10,14H2,1-5H3;5-6,9-11,13,17H,7-8,12H2,1-4H3,(H,27,29);7-8,11-12,15H,6,9-10,13H2,1-5H3;3-4,7-8,11H,2,5-6,9H2,1H3. The van der Waals surface area contributed by atoms with E-state index in [4.69, 9.17) is 51.9 Å². The number of pyridine rings is 3. The molecule has 37 heteroatoms. The number of aromatic nitrogens is 11. The topological polar surface area (TPSA) is 412 Å². The summed E-state index contributed by atoms with van der Waals surface area (Å²) in [5, 5.41) is 55.2. The molecule has 7 aromatic heterocycles. The molecular weight excluding hydrogens is 1680 g/mol. The van der Waals surface area contributed by atoms with Crippen LogP contribution in [-0.2, 0) is 42.5 Å². The molecule has 5 aliphatic heterocycles. The van der Waals surface area contributed by atoms with Crippen LogP contribution in [0.5, 0.6) is 11.8 Å². The van der Waals surface area contributed by atoms with Gasteiger partial charge in [0.1, 0.15) is 16.7 Å². The largest absolute Gasteiger partial charge is 0.495 e. The minimum atomic E-state index is -0.750. The molecule has 0 amide bonds. The molecule has 16 rings (SSSR count). The molecule has 5 saturated heterocycles. The number of carbonyl (C=O) groups is 3. The number of nitro groups is 3. The Hall–Kier alpha value is -12.0. The summed E-state index contributed by atoms with van der Waals surface area (Å²) >= 11 is 3.25. The van der Waals surface area contributed by atoms with Crippen molar-refractivity contribution in [1.29, 1.82) is 0 Å². The second kappa shape index (κ2) is 38.6. The first-order chi connectivity index (χ1) is 59.7. The molecule has 4 unspecified atom stereocenters. The Balaban J connectivity index is 0.000000144. The van der Waals surface area contributed by atoms with Gasteiger partial charge in [0.25, 0.3) is 22.6 Å². The van der Waals surface area contributed by atoms with Gasteiger partial charge in [0.05, 0.1) is 184 Å². The molecule has 0 bridgehead atoms. The number of rotatable bonds is 23. The number of esters is 3. The summed E-state index contributed by atoms with van der Waals surface area (Å²) in [7, 11) is -0.750. The average Bonchev–Trinajstić information content (AvgIpc) is 1.70. The third-order valence-electron chi connectivity index (χ3n) is 22.5. The van der Waals surface area contributed by atoms with Crippen LogP contribution in [0.4, 0.5) is 17.1 Å². The molecule has 11 aromatic rings. The summed E-state index contributed by atoms with van der Waals surface area (Å²) in [6.45, 7) is 33.4. The predicted octanol–water partition coefficient (Wildman–Crippen LogP) is 15.6. The third-order valence-corrected chi connectivity index (χ3v) is 23.0. The van der Waals surface area contributed by atoms with Gasteiger partial charge in [-0.25, -0.2) is 24.4 Å². The zero-order chi connectivity index (χ0) is 89.6. The van der Waals surface area contributed by atoms with Gasteiger partial charge in [0, 0.05) is 78.0 Å². The summed E-state index contributed by atoms with van der Waals surface area (Å²) in [5.41, 5.74) is 10.3. The van der Waals surface area contributed by atoms with Gasteiger partial charge < -0.3 is 56.9 Å². The zero-order valence-electron chi connectivity index (χ0n) is 72.3. The minimum Gasteiger partial charge on any atom is -0.475 e. The Morgan fingerprint density at radius 1 is 0.512 bits per heavy atom. The van der Waals surface area contributed by atoms with Crippen LogP contribution in [0.25, 0.3) is 77.8 Å². The summed E-state index contributed by atoms with van der Waals surface area (Å²) in [6, 6.07) is 20.5. The van der Waals surface area contributed by atoms with Gasteiger partial charge in [-0.2, -0.15) is 20.4 Å². The molecule has 35 nitrogen and oxygen atoms in total. The van der Waals surface area contributed by atoms with Gasteiger partial charge in [0.15, 0.2) is 0 Å². The van der Waals surface area contributed by atoms with E-state index in [2.05, 4.69) is 63.4 Å². The van der Waals surface area contributed by atoms with Crippen LogP contribution < -0.4 is 20.5 Å². The minimum absolute atomic E-state index is 0.0443. The number of ether oxygens (including phenoxy) is 9. The molecule has 125 heavy (non-hydrogen) atoms. The Labute approximate surface area is 728 Å². The van der Waals surface area contributed by atoms with Crippen molar-refractivity contribution in [1.82, 2.24) is 54.1 Å². The van der Waals surface area contributed by atoms with Crippen molar-refractivity contribution >= 4 is 85.3 Å². The number of hydrogen-bond donors (Lipinski definition) is 1. The van der Waals surface area contributed by atoms with Crippen molar-refractivity contribution in [2.45, 2.75) is 177 Å². The number of benzene rings is 4. The van der Waals surface area contributed by atoms with Gasteiger partial charge >= 0.3 is 25.0 Å².